The quantitative estimate of drug-likeness (QED) is 0.358. The van der Waals surface area contributed by atoms with Crippen molar-refractivity contribution in [3.63, 3.8) is 0 Å². The summed E-state index contributed by atoms with van der Waals surface area (Å²) in [4.78, 5) is 25.2. The molecule has 1 fully saturated rings. The Bertz CT molecular complexity index is 783. The molecule has 2 aliphatic rings. The molecule has 26 heavy (non-hydrogen) atoms. The van der Waals surface area contributed by atoms with E-state index in [-0.39, 0.29) is 5.57 Å². The monoisotopic (exact) mass is 372 g/mol. The van der Waals surface area contributed by atoms with Crippen LogP contribution in [0, 0.1) is 0 Å². The summed E-state index contributed by atoms with van der Waals surface area (Å²) in [6.07, 6.45) is 7.63. The van der Waals surface area contributed by atoms with Gasteiger partial charge in [-0.15, -0.1) is 0 Å². The van der Waals surface area contributed by atoms with E-state index in [1.54, 1.807) is 13.1 Å². The van der Waals surface area contributed by atoms with Gasteiger partial charge < -0.3 is 10.1 Å². The molecule has 1 aliphatic heterocycles. The molecule has 138 valence electrons. The largest absolute Gasteiger partial charge is 0.465 e. The lowest BCUT2D eigenvalue weighted by Crippen LogP contribution is -2.37. The average molecular weight is 372 g/mol. The van der Waals surface area contributed by atoms with Crippen molar-refractivity contribution in [1.82, 2.24) is 5.32 Å². The smallest absolute Gasteiger partial charge is 0.337 e. The number of aliphatic imine (C=N–C) groups is 3. The highest BCUT2D eigenvalue weighted by Crippen LogP contribution is 2.29. The zero-order valence-electron chi connectivity index (χ0n) is 15.6. The van der Waals surface area contributed by atoms with Crippen molar-refractivity contribution in [1.29, 1.82) is 0 Å². The van der Waals surface area contributed by atoms with Crippen molar-refractivity contribution in [2.24, 2.45) is 15.0 Å². The molecule has 0 aromatic rings. The summed E-state index contributed by atoms with van der Waals surface area (Å²) >= 11 is 1.46. The van der Waals surface area contributed by atoms with Crippen LogP contribution in [0.15, 0.2) is 62.7 Å². The highest BCUT2D eigenvalue weighted by atomic mass is 32.2. The third kappa shape index (κ3) is 4.60. The maximum Gasteiger partial charge on any atom is 0.337 e. The Morgan fingerprint density at radius 1 is 1.46 bits per heavy atom. The molecule has 0 aromatic carbocycles. The molecular formula is C19H24N4O2S. The zero-order chi connectivity index (χ0) is 19.3. The first-order valence-corrected chi connectivity index (χ1v) is 9.47. The molecule has 0 atom stereocenters. The number of carbonyl (C=O) groups is 1. The van der Waals surface area contributed by atoms with Crippen LogP contribution in [0.4, 0.5) is 0 Å². The van der Waals surface area contributed by atoms with Gasteiger partial charge in [0.25, 0.3) is 0 Å². The number of ether oxygens (including phenoxy) is 1. The summed E-state index contributed by atoms with van der Waals surface area (Å²) in [5.74, 6) is 0.148. The van der Waals surface area contributed by atoms with Gasteiger partial charge in [0.1, 0.15) is 5.71 Å². The molecule has 0 bridgehead atoms. The van der Waals surface area contributed by atoms with E-state index in [9.17, 15) is 4.79 Å². The second-order valence-corrected chi connectivity index (χ2v) is 6.55. The molecule has 0 unspecified atom stereocenters. The van der Waals surface area contributed by atoms with E-state index in [1.165, 1.54) is 18.9 Å². The van der Waals surface area contributed by atoms with Gasteiger partial charge in [0.2, 0.25) is 0 Å². The minimum atomic E-state index is -0.493. The fourth-order valence-corrected chi connectivity index (χ4v) is 2.74. The van der Waals surface area contributed by atoms with Gasteiger partial charge in [-0.25, -0.2) is 14.8 Å². The second kappa shape index (κ2) is 8.80. The van der Waals surface area contributed by atoms with Crippen LogP contribution in [0.3, 0.4) is 0 Å². The van der Waals surface area contributed by atoms with E-state index >= 15 is 0 Å². The maximum atomic E-state index is 11.7. The summed E-state index contributed by atoms with van der Waals surface area (Å²) in [6.45, 7) is 9.85. The average Bonchev–Trinajstić information content (AvgIpc) is 3.45. The summed E-state index contributed by atoms with van der Waals surface area (Å²) in [5, 5.41) is 4.04. The SMILES string of the molecule is C=C(/C=C1N=C(NC2CC2)/C(=N/C(=N\C)SC)C(=C)C/1=C/C)C(=O)OC. The third-order valence-electron chi connectivity index (χ3n) is 3.89. The molecule has 1 saturated carbocycles. The van der Waals surface area contributed by atoms with Gasteiger partial charge in [0.05, 0.1) is 18.4 Å². The van der Waals surface area contributed by atoms with Crippen molar-refractivity contribution in [3.8, 4) is 0 Å². The number of amidine groups is 2. The number of hydrogen-bond acceptors (Lipinski definition) is 6. The molecule has 1 N–H and O–H groups in total. The number of allylic oxidation sites excluding steroid dienone is 2. The van der Waals surface area contributed by atoms with Crippen LogP contribution in [0.1, 0.15) is 19.8 Å². The van der Waals surface area contributed by atoms with Crippen molar-refractivity contribution in [2.45, 2.75) is 25.8 Å². The van der Waals surface area contributed by atoms with Gasteiger partial charge in [-0.05, 0) is 32.1 Å². The molecule has 6 nitrogen and oxygen atoms in total. The number of nitrogens with one attached hydrogen (secondary N) is 1. The number of esters is 1. The van der Waals surface area contributed by atoms with Crippen LogP contribution < -0.4 is 5.32 Å². The van der Waals surface area contributed by atoms with E-state index < -0.39 is 5.97 Å². The standard InChI is InChI=1S/C19H24N4O2S/c1-7-14-12(3)16(23-19(20-4)26-6)17(21-13-8-9-13)22-15(14)10-11(2)18(24)25-5/h7,10,13H,2-3,8-9H2,1,4-6H3,(H,21,22)/b14-7-,15-10+,20-19+,23-16+. The van der Waals surface area contributed by atoms with Crippen molar-refractivity contribution < 1.29 is 9.53 Å². The van der Waals surface area contributed by atoms with E-state index in [0.717, 1.165) is 24.0 Å². The molecule has 0 radical (unpaired) electrons. The number of carbonyl (C=O) groups excluding carboxylic acids is 1. The molecule has 0 spiro atoms. The molecule has 1 aliphatic carbocycles. The Balaban J connectivity index is 2.54. The maximum absolute atomic E-state index is 11.7. The van der Waals surface area contributed by atoms with E-state index in [4.69, 9.17) is 9.73 Å². The highest BCUT2D eigenvalue weighted by Gasteiger charge is 2.30. The van der Waals surface area contributed by atoms with Crippen LogP contribution in [0.5, 0.6) is 0 Å². The molecule has 0 saturated heterocycles. The molecule has 1 heterocycles. The van der Waals surface area contributed by atoms with Gasteiger partial charge in [0, 0.05) is 24.2 Å². The van der Waals surface area contributed by atoms with E-state index in [1.807, 2.05) is 19.3 Å². The van der Waals surface area contributed by atoms with Gasteiger partial charge in [-0.1, -0.05) is 31.0 Å². The predicted octanol–water partition coefficient (Wildman–Crippen LogP) is 3.06. The Hall–Kier alpha value is -2.41. The third-order valence-corrected chi connectivity index (χ3v) is 4.53. The highest BCUT2D eigenvalue weighted by molar-refractivity contribution is 8.13. The number of nitrogens with zero attached hydrogens (tertiary/aromatic N) is 3. The molecular weight excluding hydrogens is 348 g/mol. The van der Waals surface area contributed by atoms with Crippen molar-refractivity contribution in [3.05, 3.63) is 47.7 Å². The Kier molecular flexibility index (Phi) is 6.74. The number of thioether (sulfide) groups is 1. The molecule has 7 heteroatoms. The predicted molar refractivity (Wildman–Crippen MR) is 110 cm³/mol. The first-order chi connectivity index (χ1) is 12.4. The minimum Gasteiger partial charge on any atom is -0.465 e. The number of hydrogen-bond donors (Lipinski definition) is 1. The first kappa shape index (κ1) is 19.9. The van der Waals surface area contributed by atoms with Crippen LogP contribution in [0.25, 0.3) is 0 Å². The van der Waals surface area contributed by atoms with E-state index in [0.29, 0.717) is 28.5 Å². The minimum absolute atomic E-state index is 0.226. The Labute approximate surface area is 158 Å². The zero-order valence-corrected chi connectivity index (χ0v) is 16.4. The Morgan fingerprint density at radius 2 is 2.15 bits per heavy atom. The Morgan fingerprint density at radius 3 is 2.65 bits per heavy atom. The fraction of sp³-hybridized carbons (Fsp3) is 0.368. The lowest BCUT2D eigenvalue weighted by Gasteiger charge is -2.23. The lowest BCUT2D eigenvalue weighted by atomic mass is 9.94. The van der Waals surface area contributed by atoms with E-state index in [2.05, 4.69) is 28.5 Å². The van der Waals surface area contributed by atoms with Gasteiger partial charge in [-0.3, -0.25) is 4.99 Å². The van der Waals surface area contributed by atoms with Gasteiger partial charge >= 0.3 is 5.97 Å². The van der Waals surface area contributed by atoms with Crippen molar-refractivity contribution >= 4 is 34.4 Å². The number of methoxy groups -OCH3 is 1. The van der Waals surface area contributed by atoms with Gasteiger partial charge in [0.15, 0.2) is 11.0 Å². The van der Waals surface area contributed by atoms with Crippen molar-refractivity contribution in [2.75, 3.05) is 20.4 Å². The van der Waals surface area contributed by atoms with Crippen LogP contribution in [-0.4, -0.2) is 49.1 Å². The summed E-state index contributed by atoms with van der Waals surface area (Å²) < 4.78 is 4.72. The second-order valence-electron chi connectivity index (χ2n) is 5.78. The topological polar surface area (TPSA) is 75.4 Å². The summed E-state index contributed by atoms with van der Waals surface area (Å²) in [6, 6.07) is 0.389. The fourth-order valence-electron chi connectivity index (χ4n) is 2.37. The van der Waals surface area contributed by atoms with Crippen LogP contribution in [-0.2, 0) is 9.53 Å². The summed E-state index contributed by atoms with van der Waals surface area (Å²) in [7, 11) is 3.03. The van der Waals surface area contributed by atoms with Crippen LogP contribution >= 0.6 is 11.8 Å². The first-order valence-electron chi connectivity index (χ1n) is 8.25. The molecule has 2 rings (SSSR count). The normalized spacial score (nSPS) is 22.6. The lowest BCUT2D eigenvalue weighted by molar-refractivity contribution is -0.135. The molecule has 0 aromatic heterocycles. The summed E-state index contributed by atoms with van der Waals surface area (Å²) in [5.41, 5.74) is 3.02. The van der Waals surface area contributed by atoms with Gasteiger partial charge in [-0.2, -0.15) is 0 Å². The number of rotatable bonds is 3. The molecule has 0 amide bonds. The van der Waals surface area contributed by atoms with Crippen LogP contribution in [0.2, 0.25) is 0 Å².